The predicted octanol–water partition coefficient (Wildman–Crippen LogP) is 0.587. The maximum Gasteiger partial charge on any atom is 0.320 e. The van der Waals surface area contributed by atoms with E-state index in [1.54, 1.807) is 7.11 Å². The lowest BCUT2D eigenvalue weighted by Gasteiger charge is -2.42. The number of ether oxygens (including phenoxy) is 2. The highest BCUT2D eigenvalue weighted by Crippen LogP contribution is 2.20. The van der Waals surface area contributed by atoms with Gasteiger partial charge in [-0.15, -0.1) is 0 Å². The van der Waals surface area contributed by atoms with Crippen LogP contribution in [0.4, 0.5) is 0 Å². The third-order valence-corrected chi connectivity index (χ3v) is 2.93. The molecule has 0 spiro atoms. The molecule has 2 unspecified atom stereocenters. The van der Waals surface area contributed by atoms with Crippen LogP contribution in [-0.2, 0) is 14.3 Å². The Balaban J connectivity index is 2.65. The SMILES string of the molecule is CCC(C(=O)O)N1CCOC(C)(COC)C1. The van der Waals surface area contributed by atoms with Gasteiger partial charge >= 0.3 is 5.97 Å². The van der Waals surface area contributed by atoms with Crippen LogP contribution in [0, 0.1) is 0 Å². The lowest BCUT2D eigenvalue weighted by atomic mass is 10.0. The highest BCUT2D eigenvalue weighted by Gasteiger charge is 2.36. The molecule has 1 saturated heterocycles. The number of morpholine rings is 1. The van der Waals surface area contributed by atoms with Crippen molar-refractivity contribution in [3.63, 3.8) is 0 Å². The van der Waals surface area contributed by atoms with E-state index in [9.17, 15) is 4.79 Å². The van der Waals surface area contributed by atoms with Crippen molar-refractivity contribution in [3.05, 3.63) is 0 Å². The summed E-state index contributed by atoms with van der Waals surface area (Å²) in [7, 11) is 1.63. The van der Waals surface area contributed by atoms with Crippen LogP contribution < -0.4 is 0 Å². The Morgan fingerprint density at radius 3 is 2.88 bits per heavy atom. The Labute approximate surface area is 96.3 Å². The topological polar surface area (TPSA) is 59.0 Å². The predicted molar refractivity (Wildman–Crippen MR) is 59.5 cm³/mol. The van der Waals surface area contributed by atoms with Crippen molar-refractivity contribution in [2.45, 2.75) is 31.9 Å². The number of carboxylic acids is 1. The smallest absolute Gasteiger partial charge is 0.320 e. The average Bonchev–Trinajstić information content (AvgIpc) is 2.18. The number of carbonyl (C=O) groups is 1. The van der Waals surface area contributed by atoms with Gasteiger partial charge in [0.2, 0.25) is 0 Å². The van der Waals surface area contributed by atoms with E-state index in [0.717, 1.165) is 0 Å². The van der Waals surface area contributed by atoms with E-state index in [1.807, 2.05) is 18.7 Å². The van der Waals surface area contributed by atoms with Crippen LogP contribution in [0.25, 0.3) is 0 Å². The number of methoxy groups -OCH3 is 1. The summed E-state index contributed by atoms with van der Waals surface area (Å²) in [6.07, 6.45) is 0.610. The lowest BCUT2D eigenvalue weighted by Crippen LogP contribution is -2.57. The van der Waals surface area contributed by atoms with E-state index < -0.39 is 17.6 Å². The van der Waals surface area contributed by atoms with Crippen LogP contribution in [0.2, 0.25) is 0 Å². The van der Waals surface area contributed by atoms with Crippen LogP contribution in [0.15, 0.2) is 0 Å². The molecule has 2 atom stereocenters. The van der Waals surface area contributed by atoms with E-state index in [1.165, 1.54) is 0 Å². The summed E-state index contributed by atoms with van der Waals surface area (Å²) < 4.78 is 10.8. The van der Waals surface area contributed by atoms with E-state index in [0.29, 0.717) is 32.7 Å². The van der Waals surface area contributed by atoms with Crippen molar-refractivity contribution >= 4 is 5.97 Å². The number of nitrogens with zero attached hydrogens (tertiary/aromatic N) is 1. The van der Waals surface area contributed by atoms with Gasteiger partial charge < -0.3 is 14.6 Å². The van der Waals surface area contributed by atoms with E-state index >= 15 is 0 Å². The van der Waals surface area contributed by atoms with Crippen LogP contribution >= 0.6 is 0 Å². The van der Waals surface area contributed by atoms with Gasteiger partial charge in [-0.2, -0.15) is 0 Å². The molecule has 0 aliphatic carbocycles. The molecule has 5 nitrogen and oxygen atoms in total. The third kappa shape index (κ3) is 3.17. The highest BCUT2D eigenvalue weighted by molar-refractivity contribution is 5.73. The van der Waals surface area contributed by atoms with Crippen molar-refractivity contribution in [1.29, 1.82) is 0 Å². The first-order valence-electron chi connectivity index (χ1n) is 5.62. The summed E-state index contributed by atoms with van der Waals surface area (Å²) in [4.78, 5) is 13.0. The van der Waals surface area contributed by atoms with Crippen molar-refractivity contribution in [3.8, 4) is 0 Å². The van der Waals surface area contributed by atoms with E-state index in [-0.39, 0.29) is 0 Å². The molecule has 16 heavy (non-hydrogen) atoms. The summed E-state index contributed by atoms with van der Waals surface area (Å²) >= 11 is 0. The molecule has 0 amide bonds. The molecule has 0 bridgehead atoms. The first-order chi connectivity index (χ1) is 7.52. The maximum absolute atomic E-state index is 11.1. The van der Waals surface area contributed by atoms with Gasteiger partial charge in [-0.1, -0.05) is 6.92 Å². The van der Waals surface area contributed by atoms with E-state index in [2.05, 4.69) is 0 Å². The molecule has 0 radical (unpaired) electrons. The van der Waals surface area contributed by atoms with E-state index in [4.69, 9.17) is 14.6 Å². The minimum absolute atomic E-state index is 0.393. The number of hydrogen-bond acceptors (Lipinski definition) is 4. The zero-order chi connectivity index (χ0) is 12.2. The minimum Gasteiger partial charge on any atom is -0.480 e. The molecule has 0 aromatic heterocycles. The van der Waals surface area contributed by atoms with Gasteiger partial charge in [0, 0.05) is 20.2 Å². The molecule has 1 N–H and O–H groups in total. The zero-order valence-corrected chi connectivity index (χ0v) is 10.2. The van der Waals surface area contributed by atoms with Crippen molar-refractivity contribution in [1.82, 2.24) is 4.90 Å². The Hall–Kier alpha value is -0.650. The second kappa shape index (κ2) is 5.61. The first kappa shape index (κ1) is 13.4. The number of hydrogen-bond donors (Lipinski definition) is 1. The molecule has 1 rings (SSSR count). The zero-order valence-electron chi connectivity index (χ0n) is 10.2. The molecule has 5 heteroatoms. The summed E-state index contributed by atoms with van der Waals surface area (Å²) in [5, 5.41) is 9.11. The minimum atomic E-state index is -0.760. The van der Waals surface area contributed by atoms with Gasteiger partial charge in [-0.05, 0) is 13.3 Å². The molecule has 0 saturated carbocycles. The van der Waals surface area contributed by atoms with Crippen LogP contribution in [0.3, 0.4) is 0 Å². The van der Waals surface area contributed by atoms with Crippen LogP contribution in [0.1, 0.15) is 20.3 Å². The summed E-state index contributed by atoms with van der Waals surface area (Å²) in [6.45, 7) is 6.16. The largest absolute Gasteiger partial charge is 0.480 e. The molecule has 1 aliphatic heterocycles. The molecule has 0 aromatic rings. The van der Waals surface area contributed by atoms with Gasteiger partial charge in [0.1, 0.15) is 11.6 Å². The Kier molecular flexibility index (Phi) is 4.70. The fourth-order valence-corrected chi connectivity index (χ4v) is 2.21. The molecule has 1 heterocycles. The van der Waals surface area contributed by atoms with Gasteiger partial charge in [0.15, 0.2) is 0 Å². The quantitative estimate of drug-likeness (QED) is 0.750. The Morgan fingerprint density at radius 2 is 2.38 bits per heavy atom. The molecule has 94 valence electrons. The molecule has 0 aromatic carbocycles. The van der Waals surface area contributed by atoms with Gasteiger partial charge in [-0.3, -0.25) is 9.69 Å². The normalized spacial score (nSPS) is 28.9. The number of rotatable bonds is 5. The van der Waals surface area contributed by atoms with Crippen LogP contribution in [-0.4, -0.2) is 61.0 Å². The van der Waals surface area contributed by atoms with Crippen molar-refractivity contribution in [2.24, 2.45) is 0 Å². The Bertz CT molecular complexity index is 242. The summed E-state index contributed by atoms with van der Waals surface area (Å²) in [6, 6.07) is -0.417. The standard InChI is InChI=1S/C11H21NO4/c1-4-9(10(13)14)12-5-6-16-11(2,7-12)8-15-3/h9H,4-8H2,1-3H3,(H,13,14). The molecule has 1 aliphatic rings. The summed E-state index contributed by atoms with van der Waals surface area (Å²) in [5.74, 6) is -0.760. The lowest BCUT2D eigenvalue weighted by molar-refractivity contribution is -0.158. The van der Waals surface area contributed by atoms with Crippen molar-refractivity contribution < 1.29 is 19.4 Å². The maximum atomic E-state index is 11.1. The second-order valence-electron chi connectivity index (χ2n) is 4.46. The monoisotopic (exact) mass is 231 g/mol. The fourth-order valence-electron chi connectivity index (χ4n) is 2.21. The van der Waals surface area contributed by atoms with Crippen molar-refractivity contribution in [2.75, 3.05) is 33.4 Å². The highest BCUT2D eigenvalue weighted by atomic mass is 16.5. The first-order valence-corrected chi connectivity index (χ1v) is 5.62. The third-order valence-electron chi connectivity index (χ3n) is 2.93. The van der Waals surface area contributed by atoms with Gasteiger partial charge in [0.05, 0.1) is 13.2 Å². The molecular weight excluding hydrogens is 210 g/mol. The Morgan fingerprint density at radius 1 is 1.69 bits per heavy atom. The van der Waals surface area contributed by atoms with Gasteiger partial charge in [0.25, 0.3) is 0 Å². The molecule has 1 fully saturated rings. The summed E-state index contributed by atoms with van der Waals surface area (Å²) in [5.41, 5.74) is -0.393. The second-order valence-corrected chi connectivity index (χ2v) is 4.46. The van der Waals surface area contributed by atoms with Crippen LogP contribution in [0.5, 0.6) is 0 Å². The average molecular weight is 231 g/mol. The number of aliphatic carboxylic acids is 1. The fraction of sp³-hybridized carbons (Fsp3) is 0.909. The molecular formula is C11H21NO4. The number of carboxylic acid groups (broad SMARTS) is 1. The van der Waals surface area contributed by atoms with Gasteiger partial charge in [-0.25, -0.2) is 0 Å².